The molecule has 5 rings (SSSR count). The number of benzene rings is 3. The van der Waals surface area contributed by atoms with Crippen LogP contribution in [0.2, 0.25) is 5.02 Å². The molecule has 6 nitrogen and oxygen atoms in total. The minimum absolute atomic E-state index is 0.185. The summed E-state index contributed by atoms with van der Waals surface area (Å²) in [6, 6.07) is 17.8. The van der Waals surface area contributed by atoms with Crippen LogP contribution in [0.3, 0.4) is 0 Å². The lowest BCUT2D eigenvalue weighted by atomic mass is 9.79. The van der Waals surface area contributed by atoms with Crippen LogP contribution in [0.1, 0.15) is 73.6 Å². The highest BCUT2D eigenvalue weighted by atomic mass is 35.5. The highest BCUT2D eigenvalue weighted by Crippen LogP contribution is 2.48. The summed E-state index contributed by atoms with van der Waals surface area (Å²) in [6.07, 6.45) is 0. The molecule has 0 aliphatic carbocycles. The minimum atomic E-state index is -0.993. The normalized spacial score (nSPS) is 19.2. The highest BCUT2D eigenvalue weighted by Gasteiger charge is 2.45. The van der Waals surface area contributed by atoms with E-state index in [1.807, 2.05) is 30.3 Å². The van der Waals surface area contributed by atoms with Crippen molar-refractivity contribution in [3.8, 4) is 5.75 Å². The molecule has 198 valence electrons. The standard InChI is InChI=1S/C31H33ClN2O4/c1-18(2)33-14-15-38-26-13-10-19(16-25(26)33)28-27(30(36)37)21-8-6-7-9-22(21)29(35)34(28)20-11-12-23(24(32)17-20)31(3,4)5/h6-13,16-18,27-28H,14-15H2,1-5H3,(H,36,37)/t27-,28+/m1/s1. The summed E-state index contributed by atoms with van der Waals surface area (Å²) < 4.78 is 5.91. The molecule has 0 bridgehead atoms. The predicted octanol–water partition coefficient (Wildman–Crippen LogP) is 6.81. The number of carbonyl (C=O) groups is 2. The van der Waals surface area contributed by atoms with Gasteiger partial charge in [-0.2, -0.15) is 0 Å². The molecule has 2 heterocycles. The largest absolute Gasteiger partial charge is 0.490 e. The third kappa shape index (κ3) is 4.41. The van der Waals surface area contributed by atoms with Gasteiger partial charge in [-0.05, 0) is 66.3 Å². The lowest BCUT2D eigenvalue weighted by molar-refractivity contribution is -0.139. The van der Waals surface area contributed by atoms with Crippen molar-refractivity contribution in [1.29, 1.82) is 0 Å². The second-order valence-electron chi connectivity index (χ2n) is 11.3. The lowest BCUT2D eigenvalue weighted by Gasteiger charge is -2.42. The van der Waals surface area contributed by atoms with Gasteiger partial charge >= 0.3 is 5.97 Å². The quantitative estimate of drug-likeness (QED) is 0.399. The van der Waals surface area contributed by atoms with Crippen LogP contribution in [0, 0.1) is 0 Å². The fourth-order valence-corrected chi connectivity index (χ4v) is 6.12. The van der Waals surface area contributed by atoms with Crippen LogP contribution in [0.25, 0.3) is 0 Å². The molecule has 0 spiro atoms. The third-order valence-electron chi connectivity index (χ3n) is 7.49. The number of carboxylic acid groups (broad SMARTS) is 1. The van der Waals surface area contributed by atoms with Crippen molar-refractivity contribution < 1.29 is 19.4 Å². The van der Waals surface area contributed by atoms with E-state index in [2.05, 4.69) is 39.5 Å². The summed E-state index contributed by atoms with van der Waals surface area (Å²) in [5.74, 6) is -1.46. The number of hydrogen-bond acceptors (Lipinski definition) is 4. The maximum atomic E-state index is 14.1. The van der Waals surface area contributed by atoms with Gasteiger partial charge < -0.3 is 14.7 Å². The number of anilines is 2. The zero-order valence-electron chi connectivity index (χ0n) is 22.4. The smallest absolute Gasteiger partial charge is 0.313 e. The molecule has 2 atom stereocenters. The number of carboxylic acids is 1. The van der Waals surface area contributed by atoms with Gasteiger partial charge in [0.05, 0.1) is 18.3 Å². The van der Waals surface area contributed by atoms with Crippen LogP contribution in [0.5, 0.6) is 5.75 Å². The van der Waals surface area contributed by atoms with Gasteiger partial charge in [-0.3, -0.25) is 14.5 Å². The van der Waals surface area contributed by atoms with Crippen molar-refractivity contribution in [2.75, 3.05) is 23.0 Å². The van der Waals surface area contributed by atoms with Gasteiger partial charge in [0.15, 0.2) is 0 Å². The van der Waals surface area contributed by atoms with Crippen LogP contribution in [-0.4, -0.2) is 36.2 Å². The summed E-state index contributed by atoms with van der Waals surface area (Å²) >= 11 is 6.75. The second-order valence-corrected chi connectivity index (χ2v) is 11.7. The first-order valence-corrected chi connectivity index (χ1v) is 13.4. The molecule has 0 unspecified atom stereocenters. The maximum Gasteiger partial charge on any atom is 0.313 e. The van der Waals surface area contributed by atoms with Gasteiger partial charge in [0.25, 0.3) is 5.91 Å². The first-order chi connectivity index (χ1) is 18.0. The molecular weight excluding hydrogens is 500 g/mol. The summed E-state index contributed by atoms with van der Waals surface area (Å²) in [5, 5.41) is 11.1. The van der Waals surface area contributed by atoms with Crippen molar-refractivity contribution in [2.45, 2.75) is 58.0 Å². The monoisotopic (exact) mass is 532 g/mol. The Morgan fingerprint density at radius 1 is 1.08 bits per heavy atom. The van der Waals surface area contributed by atoms with Crippen LogP contribution in [0.15, 0.2) is 60.7 Å². The topological polar surface area (TPSA) is 70.1 Å². The molecule has 2 aliphatic rings. The molecule has 7 heteroatoms. The van der Waals surface area contributed by atoms with Crippen LogP contribution < -0.4 is 14.5 Å². The van der Waals surface area contributed by atoms with E-state index in [-0.39, 0.29) is 17.4 Å². The Morgan fingerprint density at radius 3 is 2.47 bits per heavy atom. The lowest BCUT2D eigenvalue weighted by Crippen LogP contribution is -2.45. The molecular formula is C31H33ClN2O4. The summed E-state index contributed by atoms with van der Waals surface area (Å²) in [5.41, 5.74) is 3.86. The number of ether oxygens (including phenoxy) is 1. The van der Waals surface area contributed by atoms with E-state index in [0.717, 1.165) is 29.1 Å². The minimum Gasteiger partial charge on any atom is -0.490 e. The fourth-order valence-electron chi connectivity index (χ4n) is 5.66. The molecule has 38 heavy (non-hydrogen) atoms. The Kier molecular flexibility index (Phi) is 6.64. The zero-order valence-corrected chi connectivity index (χ0v) is 23.1. The number of fused-ring (bicyclic) bond motifs is 2. The Morgan fingerprint density at radius 2 is 1.82 bits per heavy atom. The molecule has 0 saturated carbocycles. The molecule has 2 aliphatic heterocycles. The van der Waals surface area contributed by atoms with Gasteiger partial charge in [-0.1, -0.05) is 62.7 Å². The van der Waals surface area contributed by atoms with Crippen LogP contribution in [-0.2, 0) is 10.2 Å². The van der Waals surface area contributed by atoms with Gasteiger partial charge in [-0.25, -0.2) is 0 Å². The summed E-state index contributed by atoms with van der Waals surface area (Å²) in [4.78, 5) is 30.8. The highest BCUT2D eigenvalue weighted by molar-refractivity contribution is 6.32. The van der Waals surface area contributed by atoms with Gasteiger partial charge in [-0.15, -0.1) is 0 Å². The van der Waals surface area contributed by atoms with Crippen molar-refractivity contribution >= 4 is 34.9 Å². The average Bonchev–Trinajstić information content (AvgIpc) is 2.86. The molecule has 0 fully saturated rings. The second kappa shape index (κ2) is 9.66. The van der Waals surface area contributed by atoms with E-state index >= 15 is 0 Å². The molecule has 0 radical (unpaired) electrons. The van der Waals surface area contributed by atoms with Crippen molar-refractivity contribution in [1.82, 2.24) is 0 Å². The molecule has 3 aromatic carbocycles. The third-order valence-corrected chi connectivity index (χ3v) is 7.80. The summed E-state index contributed by atoms with van der Waals surface area (Å²) in [7, 11) is 0. The fraction of sp³-hybridized carbons (Fsp3) is 0.355. The first-order valence-electron chi connectivity index (χ1n) is 13.0. The number of hydrogen-bond donors (Lipinski definition) is 1. The van der Waals surface area contributed by atoms with Gasteiger partial charge in [0.2, 0.25) is 0 Å². The van der Waals surface area contributed by atoms with E-state index in [4.69, 9.17) is 16.3 Å². The molecule has 0 aromatic heterocycles. The average molecular weight is 533 g/mol. The maximum absolute atomic E-state index is 14.1. The Hall–Kier alpha value is -3.51. The van der Waals surface area contributed by atoms with E-state index in [1.165, 1.54) is 0 Å². The summed E-state index contributed by atoms with van der Waals surface area (Å²) in [6.45, 7) is 11.8. The van der Waals surface area contributed by atoms with Gasteiger partial charge in [0, 0.05) is 22.3 Å². The van der Waals surface area contributed by atoms with Crippen molar-refractivity contribution in [3.63, 3.8) is 0 Å². The van der Waals surface area contributed by atoms with E-state index in [1.54, 1.807) is 35.2 Å². The van der Waals surface area contributed by atoms with Crippen molar-refractivity contribution in [2.24, 2.45) is 0 Å². The number of aliphatic carboxylic acids is 1. The molecule has 1 amide bonds. The molecule has 3 aromatic rings. The molecule has 1 N–H and O–H groups in total. The van der Waals surface area contributed by atoms with Crippen LogP contribution in [0.4, 0.5) is 11.4 Å². The van der Waals surface area contributed by atoms with Crippen LogP contribution >= 0.6 is 11.6 Å². The van der Waals surface area contributed by atoms with E-state index < -0.39 is 17.9 Å². The van der Waals surface area contributed by atoms with Gasteiger partial charge in [0.1, 0.15) is 18.3 Å². The number of carbonyl (C=O) groups excluding carboxylic acids is 1. The Bertz CT molecular complexity index is 1410. The van der Waals surface area contributed by atoms with E-state index in [9.17, 15) is 14.7 Å². The number of amides is 1. The van der Waals surface area contributed by atoms with E-state index in [0.29, 0.717) is 28.4 Å². The number of nitrogens with zero attached hydrogens (tertiary/aromatic N) is 2. The SMILES string of the molecule is CC(C)N1CCOc2ccc([C@H]3[C@H](C(=O)O)c4ccccc4C(=O)N3c3ccc(C(C)(C)C)c(Cl)c3)cc21. The number of rotatable bonds is 4. The molecule has 0 saturated heterocycles. The zero-order chi connectivity index (χ0) is 27.4. The van der Waals surface area contributed by atoms with Crippen molar-refractivity contribution in [3.05, 3.63) is 87.9 Å². The number of halogens is 1. The Labute approximate surface area is 228 Å². The Balaban J connectivity index is 1.73. The predicted molar refractivity (Wildman–Crippen MR) is 151 cm³/mol. The first kappa shape index (κ1) is 26.1.